The topological polar surface area (TPSA) is 41.6 Å². The van der Waals surface area contributed by atoms with E-state index in [0.717, 1.165) is 31.6 Å². The van der Waals surface area contributed by atoms with Crippen LogP contribution < -0.4 is 15.0 Å². The van der Waals surface area contributed by atoms with Crippen LogP contribution in [0.5, 0.6) is 5.75 Å². The molecule has 0 aromatic heterocycles. The Labute approximate surface area is 134 Å². The molecule has 2 aromatic rings. The van der Waals surface area contributed by atoms with Gasteiger partial charge in [-0.05, 0) is 43.2 Å². The van der Waals surface area contributed by atoms with Crippen molar-refractivity contribution in [1.29, 1.82) is 0 Å². The van der Waals surface area contributed by atoms with Crippen LogP contribution in [0.3, 0.4) is 0 Å². The molecule has 1 aliphatic rings. The Balaban J connectivity index is 1.66. The lowest BCUT2D eigenvalue weighted by atomic mass is 10.2. The van der Waals surface area contributed by atoms with Gasteiger partial charge >= 0.3 is 0 Å². The molecule has 0 aliphatic carbocycles. The van der Waals surface area contributed by atoms with E-state index in [1.54, 1.807) is 18.2 Å². The molecule has 1 fully saturated rings. The highest BCUT2D eigenvalue weighted by molar-refractivity contribution is 5.95. The van der Waals surface area contributed by atoms with Gasteiger partial charge in [-0.15, -0.1) is 0 Å². The molecule has 1 heterocycles. The molecule has 0 unspecified atom stereocenters. The van der Waals surface area contributed by atoms with Gasteiger partial charge in [0.2, 0.25) is 0 Å². The third kappa shape index (κ3) is 4.00. The van der Waals surface area contributed by atoms with Crippen LogP contribution in [-0.2, 0) is 4.79 Å². The van der Waals surface area contributed by atoms with Crippen molar-refractivity contribution >= 4 is 17.3 Å². The van der Waals surface area contributed by atoms with Crippen molar-refractivity contribution in [3.05, 3.63) is 54.3 Å². The van der Waals surface area contributed by atoms with Crippen molar-refractivity contribution < 1.29 is 13.9 Å². The highest BCUT2D eigenvalue weighted by Crippen LogP contribution is 2.29. The van der Waals surface area contributed by atoms with Crippen molar-refractivity contribution in [3.63, 3.8) is 0 Å². The highest BCUT2D eigenvalue weighted by atomic mass is 19.1. The van der Waals surface area contributed by atoms with Gasteiger partial charge in [0.25, 0.3) is 5.91 Å². The molecule has 1 amide bonds. The third-order valence-electron chi connectivity index (χ3n) is 3.79. The first-order valence-electron chi connectivity index (χ1n) is 7.74. The Hall–Kier alpha value is -2.56. The number of para-hydroxylation sites is 1. The maximum Gasteiger partial charge on any atom is 0.262 e. The average molecular weight is 314 g/mol. The summed E-state index contributed by atoms with van der Waals surface area (Å²) in [6, 6.07) is 13.6. The van der Waals surface area contributed by atoms with E-state index in [2.05, 4.69) is 10.2 Å². The molecule has 0 radical (unpaired) electrons. The number of anilines is 2. The predicted molar refractivity (Wildman–Crippen MR) is 88.4 cm³/mol. The van der Waals surface area contributed by atoms with Crippen LogP contribution in [0, 0.1) is 5.82 Å². The number of nitrogens with zero attached hydrogens (tertiary/aromatic N) is 1. The van der Waals surface area contributed by atoms with Crippen LogP contribution >= 0.6 is 0 Å². The van der Waals surface area contributed by atoms with E-state index in [-0.39, 0.29) is 18.3 Å². The average Bonchev–Trinajstić information content (AvgIpc) is 3.08. The largest absolute Gasteiger partial charge is 0.484 e. The lowest BCUT2D eigenvalue weighted by molar-refractivity contribution is -0.118. The maximum atomic E-state index is 13.5. The molecule has 1 saturated heterocycles. The predicted octanol–water partition coefficient (Wildman–Crippen LogP) is 3.44. The number of amides is 1. The van der Waals surface area contributed by atoms with Crippen molar-refractivity contribution in [2.45, 2.75) is 12.8 Å². The van der Waals surface area contributed by atoms with Gasteiger partial charge in [0.1, 0.15) is 11.6 Å². The number of hydrogen-bond donors (Lipinski definition) is 1. The Morgan fingerprint density at radius 3 is 2.61 bits per heavy atom. The fraction of sp³-hybridized carbons (Fsp3) is 0.278. The summed E-state index contributed by atoms with van der Waals surface area (Å²) < 4.78 is 19.0. The first-order valence-corrected chi connectivity index (χ1v) is 7.74. The Morgan fingerprint density at radius 1 is 1.13 bits per heavy atom. The normalized spacial score (nSPS) is 13.9. The summed E-state index contributed by atoms with van der Waals surface area (Å²) in [5.41, 5.74) is 1.35. The van der Waals surface area contributed by atoms with Crippen LogP contribution in [-0.4, -0.2) is 25.6 Å². The lowest BCUT2D eigenvalue weighted by Crippen LogP contribution is -2.24. The highest BCUT2D eigenvalue weighted by Gasteiger charge is 2.17. The van der Waals surface area contributed by atoms with Gasteiger partial charge in [-0.1, -0.05) is 18.2 Å². The zero-order valence-electron chi connectivity index (χ0n) is 12.8. The van der Waals surface area contributed by atoms with E-state index in [1.165, 1.54) is 12.1 Å². The van der Waals surface area contributed by atoms with E-state index in [4.69, 9.17) is 4.74 Å². The zero-order valence-corrected chi connectivity index (χ0v) is 12.8. The minimum atomic E-state index is -0.368. The van der Waals surface area contributed by atoms with E-state index in [9.17, 15) is 9.18 Å². The molecule has 1 aliphatic heterocycles. The minimum Gasteiger partial charge on any atom is -0.484 e. The number of carbonyl (C=O) groups excluding carboxylic acids is 1. The first kappa shape index (κ1) is 15.3. The fourth-order valence-corrected chi connectivity index (χ4v) is 2.69. The summed E-state index contributed by atoms with van der Waals surface area (Å²) in [5, 5.41) is 2.75. The standard InChI is InChI=1S/C18H19FN2O2/c19-14-8-9-17(21-10-4-5-11-21)16(12-14)20-18(22)13-23-15-6-2-1-3-7-15/h1-3,6-9,12H,4-5,10-11,13H2,(H,20,22). The Bertz CT molecular complexity index is 670. The van der Waals surface area contributed by atoms with Gasteiger partial charge in [0.15, 0.2) is 6.61 Å². The van der Waals surface area contributed by atoms with E-state index in [1.807, 2.05) is 18.2 Å². The van der Waals surface area contributed by atoms with Gasteiger partial charge in [-0.2, -0.15) is 0 Å². The number of rotatable bonds is 5. The molecule has 3 rings (SSSR count). The van der Waals surface area contributed by atoms with Gasteiger partial charge in [-0.3, -0.25) is 4.79 Å². The van der Waals surface area contributed by atoms with Crippen LogP contribution in [0.25, 0.3) is 0 Å². The Kier molecular flexibility index (Phi) is 4.76. The SMILES string of the molecule is O=C(COc1ccccc1)Nc1cc(F)ccc1N1CCCC1. The van der Waals surface area contributed by atoms with Gasteiger partial charge in [0.05, 0.1) is 11.4 Å². The lowest BCUT2D eigenvalue weighted by Gasteiger charge is -2.21. The molecule has 0 atom stereocenters. The summed E-state index contributed by atoms with van der Waals surface area (Å²) in [5.74, 6) is -0.0474. The first-order chi connectivity index (χ1) is 11.2. The van der Waals surface area contributed by atoms with Crippen LogP contribution in [0.1, 0.15) is 12.8 Å². The zero-order chi connectivity index (χ0) is 16.1. The number of benzene rings is 2. The van der Waals surface area contributed by atoms with Gasteiger partial charge in [-0.25, -0.2) is 4.39 Å². The molecule has 0 saturated carbocycles. The minimum absolute atomic E-state index is 0.111. The number of ether oxygens (including phenoxy) is 1. The molecular weight excluding hydrogens is 295 g/mol. The fourth-order valence-electron chi connectivity index (χ4n) is 2.69. The maximum absolute atomic E-state index is 13.5. The van der Waals surface area contributed by atoms with Crippen molar-refractivity contribution in [3.8, 4) is 5.75 Å². The molecule has 0 bridgehead atoms. The third-order valence-corrected chi connectivity index (χ3v) is 3.79. The monoisotopic (exact) mass is 314 g/mol. The quantitative estimate of drug-likeness (QED) is 0.919. The van der Waals surface area contributed by atoms with Crippen LogP contribution in [0.2, 0.25) is 0 Å². The second-order valence-corrected chi connectivity index (χ2v) is 5.51. The van der Waals surface area contributed by atoms with E-state index < -0.39 is 0 Å². The number of halogens is 1. The van der Waals surface area contributed by atoms with Gasteiger partial charge < -0.3 is 15.0 Å². The molecule has 0 spiro atoms. The molecular formula is C18H19FN2O2. The number of carbonyl (C=O) groups is 1. The molecule has 1 N–H and O–H groups in total. The second kappa shape index (κ2) is 7.13. The molecule has 5 heteroatoms. The van der Waals surface area contributed by atoms with Crippen molar-refractivity contribution in [2.24, 2.45) is 0 Å². The summed E-state index contributed by atoms with van der Waals surface area (Å²) in [6.45, 7) is 1.74. The van der Waals surface area contributed by atoms with Crippen molar-refractivity contribution in [2.75, 3.05) is 29.9 Å². The van der Waals surface area contributed by atoms with Crippen LogP contribution in [0.4, 0.5) is 15.8 Å². The smallest absolute Gasteiger partial charge is 0.262 e. The summed E-state index contributed by atoms with van der Waals surface area (Å²) in [6.07, 6.45) is 2.23. The summed E-state index contributed by atoms with van der Waals surface area (Å²) in [7, 11) is 0. The molecule has 120 valence electrons. The summed E-state index contributed by atoms with van der Waals surface area (Å²) in [4.78, 5) is 14.2. The molecule has 2 aromatic carbocycles. The molecule has 4 nitrogen and oxygen atoms in total. The number of nitrogens with one attached hydrogen (secondary N) is 1. The van der Waals surface area contributed by atoms with Crippen molar-refractivity contribution in [1.82, 2.24) is 0 Å². The van der Waals surface area contributed by atoms with E-state index in [0.29, 0.717) is 11.4 Å². The Morgan fingerprint density at radius 2 is 1.87 bits per heavy atom. The summed E-state index contributed by atoms with van der Waals surface area (Å²) >= 11 is 0. The molecule has 23 heavy (non-hydrogen) atoms. The van der Waals surface area contributed by atoms with Gasteiger partial charge in [0, 0.05) is 13.1 Å². The number of hydrogen-bond acceptors (Lipinski definition) is 3. The van der Waals surface area contributed by atoms with Crippen LogP contribution in [0.15, 0.2) is 48.5 Å². The van der Waals surface area contributed by atoms with E-state index >= 15 is 0 Å². The second-order valence-electron chi connectivity index (χ2n) is 5.51.